The summed E-state index contributed by atoms with van der Waals surface area (Å²) >= 11 is 0. The van der Waals surface area contributed by atoms with E-state index in [2.05, 4.69) is 10.3 Å². The summed E-state index contributed by atoms with van der Waals surface area (Å²) in [5.74, 6) is 0. The number of alkyl halides is 3. The third-order valence-corrected chi connectivity index (χ3v) is 2.35. The molecule has 1 aromatic heterocycles. The largest absolute Gasteiger partial charge is 0.418 e. The number of benzene rings is 1. The van der Waals surface area contributed by atoms with Crippen molar-refractivity contribution in [1.82, 2.24) is 4.98 Å². The molecule has 0 aliphatic heterocycles. The second-order valence-corrected chi connectivity index (χ2v) is 3.31. The third kappa shape index (κ3) is 1.68. The van der Waals surface area contributed by atoms with Gasteiger partial charge in [-0.3, -0.25) is 4.98 Å². The predicted octanol–water partition coefficient (Wildman–Crippen LogP) is 3.30. The van der Waals surface area contributed by atoms with E-state index < -0.39 is 11.7 Å². The highest BCUT2D eigenvalue weighted by Gasteiger charge is 2.33. The Hall–Kier alpha value is -1.78. The van der Waals surface area contributed by atoms with Crippen molar-refractivity contribution in [2.24, 2.45) is 0 Å². The molecule has 0 bridgehead atoms. The fraction of sp³-hybridized carbons (Fsp3) is 0.182. The van der Waals surface area contributed by atoms with E-state index in [-0.39, 0.29) is 5.52 Å². The van der Waals surface area contributed by atoms with Gasteiger partial charge in [0.25, 0.3) is 0 Å². The van der Waals surface area contributed by atoms with Crippen LogP contribution in [0.5, 0.6) is 0 Å². The van der Waals surface area contributed by atoms with E-state index in [0.29, 0.717) is 11.1 Å². The number of rotatable bonds is 1. The number of hydrogen-bond acceptors (Lipinski definition) is 2. The van der Waals surface area contributed by atoms with Crippen LogP contribution in [0.3, 0.4) is 0 Å². The number of pyridine rings is 1. The molecule has 0 radical (unpaired) electrons. The van der Waals surface area contributed by atoms with E-state index in [1.807, 2.05) is 0 Å². The summed E-state index contributed by atoms with van der Waals surface area (Å²) in [6.07, 6.45) is -3.01. The molecule has 16 heavy (non-hydrogen) atoms. The number of nitrogens with zero attached hydrogens (tertiary/aromatic N) is 1. The van der Waals surface area contributed by atoms with E-state index in [1.54, 1.807) is 19.2 Å². The molecule has 2 aromatic rings. The Bertz CT molecular complexity index is 520. The van der Waals surface area contributed by atoms with Crippen molar-refractivity contribution in [3.05, 3.63) is 36.0 Å². The summed E-state index contributed by atoms with van der Waals surface area (Å²) in [5, 5.41) is 3.31. The monoisotopic (exact) mass is 226 g/mol. The van der Waals surface area contributed by atoms with Gasteiger partial charge in [0, 0.05) is 24.3 Å². The quantitative estimate of drug-likeness (QED) is 0.807. The lowest BCUT2D eigenvalue weighted by atomic mass is 10.1. The smallest absolute Gasteiger partial charge is 0.388 e. The van der Waals surface area contributed by atoms with Crippen LogP contribution in [0.1, 0.15) is 5.56 Å². The van der Waals surface area contributed by atoms with Crippen LogP contribution < -0.4 is 5.32 Å². The van der Waals surface area contributed by atoms with E-state index in [1.165, 1.54) is 12.3 Å². The van der Waals surface area contributed by atoms with Crippen LogP contribution in [0.4, 0.5) is 18.9 Å². The summed E-state index contributed by atoms with van der Waals surface area (Å²) < 4.78 is 38.1. The Morgan fingerprint density at radius 2 is 1.94 bits per heavy atom. The molecule has 0 fully saturated rings. The van der Waals surface area contributed by atoms with Gasteiger partial charge in [0.2, 0.25) is 0 Å². The number of aromatic nitrogens is 1. The molecule has 1 N–H and O–H groups in total. The highest BCUT2D eigenvalue weighted by molar-refractivity contribution is 5.93. The summed E-state index contributed by atoms with van der Waals surface area (Å²) in [6.45, 7) is 0. The van der Waals surface area contributed by atoms with E-state index in [0.717, 1.165) is 6.07 Å². The maximum absolute atomic E-state index is 12.7. The zero-order valence-electron chi connectivity index (χ0n) is 8.47. The van der Waals surface area contributed by atoms with Gasteiger partial charge in [-0.1, -0.05) is 12.1 Å². The third-order valence-electron chi connectivity index (χ3n) is 2.35. The SMILES string of the molecule is CNc1ccnc2c(C(F)(F)F)cccc12. The first-order chi connectivity index (χ1) is 7.54. The van der Waals surface area contributed by atoms with Gasteiger partial charge in [-0.05, 0) is 12.1 Å². The zero-order chi connectivity index (χ0) is 11.8. The summed E-state index contributed by atoms with van der Waals surface area (Å²) in [5.41, 5.74) is -0.0972. The van der Waals surface area contributed by atoms with Crippen LogP contribution in [0.25, 0.3) is 10.9 Å². The fourth-order valence-corrected chi connectivity index (χ4v) is 1.62. The molecule has 0 aliphatic carbocycles. The van der Waals surface area contributed by atoms with Crippen molar-refractivity contribution in [2.75, 3.05) is 12.4 Å². The van der Waals surface area contributed by atoms with Crippen LogP contribution >= 0.6 is 0 Å². The maximum Gasteiger partial charge on any atom is 0.418 e. The average Bonchev–Trinajstić information content (AvgIpc) is 2.26. The van der Waals surface area contributed by atoms with Gasteiger partial charge in [-0.25, -0.2) is 0 Å². The van der Waals surface area contributed by atoms with Gasteiger partial charge in [-0.15, -0.1) is 0 Å². The fourth-order valence-electron chi connectivity index (χ4n) is 1.62. The van der Waals surface area contributed by atoms with Crippen molar-refractivity contribution in [1.29, 1.82) is 0 Å². The van der Waals surface area contributed by atoms with E-state index in [9.17, 15) is 13.2 Å². The molecule has 2 nitrogen and oxygen atoms in total. The number of nitrogens with one attached hydrogen (secondary N) is 1. The number of para-hydroxylation sites is 1. The molecule has 5 heteroatoms. The minimum atomic E-state index is -4.38. The van der Waals surface area contributed by atoms with Crippen molar-refractivity contribution in [2.45, 2.75) is 6.18 Å². The van der Waals surface area contributed by atoms with Gasteiger partial charge in [0.1, 0.15) is 0 Å². The Morgan fingerprint density at radius 1 is 1.19 bits per heavy atom. The molecule has 0 spiro atoms. The van der Waals surface area contributed by atoms with Crippen molar-refractivity contribution in [3.63, 3.8) is 0 Å². The minimum Gasteiger partial charge on any atom is -0.388 e. The van der Waals surface area contributed by atoms with Crippen LogP contribution in [0.15, 0.2) is 30.5 Å². The lowest BCUT2D eigenvalue weighted by Crippen LogP contribution is -2.06. The zero-order valence-corrected chi connectivity index (χ0v) is 8.47. The van der Waals surface area contributed by atoms with Crippen molar-refractivity contribution in [3.8, 4) is 0 Å². The molecule has 0 aliphatic rings. The predicted molar refractivity (Wildman–Crippen MR) is 56.3 cm³/mol. The maximum atomic E-state index is 12.7. The first-order valence-corrected chi connectivity index (χ1v) is 4.66. The lowest BCUT2D eigenvalue weighted by Gasteiger charge is -2.11. The van der Waals surface area contributed by atoms with E-state index in [4.69, 9.17) is 0 Å². The van der Waals surface area contributed by atoms with Gasteiger partial charge >= 0.3 is 6.18 Å². The van der Waals surface area contributed by atoms with Crippen LogP contribution in [0.2, 0.25) is 0 Å². The molecule has 84 valence electrons. The molecular formula is C11H9F3N2. The summed E-state index contributed by atoms with van der Waals surface area (Å²) in [4.78, 5) is 3.80. The number of hydrogen-bond donors (Lipinski definition) is 1. The second kappa shape index (κ2) is 3.66. The second-order valence-electron chi connectivity index (χ2n) is 3.31. The van der Waals surface area contributed by atoms with Crippen molar-refractivity contribution < 1.29 is 13.2 Å². The highest BCUT2D eigenvalue weighted by Crippen LogP contribution is 2.35. The summed E-state index contributed by atoms with van der Waals surface area (Å²) in [7, 11) is 1.66. The number of halogens is 3. The Morgan fingerprint density at radius 3 is 2.56 bits per heavy atom. The van der Waals surface area contributed by atoms with Gasteiger partial charge < -0.3 is 5.32 Å². The Balaban J connectivity index is 2.79. The Kier molecular flexibility index (Phi) is 2.46. The molecule has 1 aromatic carbocycles. The van der Waals surface area contributed by atoms with Gasteiger partial charge in [0.05, 0.1) is 11.1 Å². The summed E-state index contributed by atoms with van der Waals surface area (Å²) in [6, 6.07) is 5.67. The highest BCUT2D eigenvalue weighted by atomic mass is 19.4. The van der Waals surface area contributed by atoms with E-state index >= 15 is 0 Å². The molecule has 0 atom stereocenters. The topological polar surface area (TPSA) is 24.9 Å². The number of anilines is 1. The van der Waals surface area contributed by atoms with Crippen LogP contribution in [-0.4, -0.2) is 12.0 Å². The molecule has 0 unspecified atom stereocenters. The normalized spacial score (nSPS) is 11.8. The van der Waals surface area contributed by atoms with Crippen molar-refractivity contribution >= 4 is 16.6 Å². The van der Waals surface area contributed by atoms with Crippen LogP contribution in [-0.2, 0) is 6.18 Å². The van der Waals surface area contributed by atoms with Gasteiger partial charge in [0.15, 0.2) is 0 Å². The number of fused-ring (bicyclic) bond motifs is 1. The molecule has 0 saturated carbocycles. The first-order valence-electron chi connectivity index (χ1n) is 4.66. The standard InChI is InChI=1S/C11H9F3N2/c1-15-9-5-6-16-10-7(9)3-2-4-8(10)11(12,13)14/h2-6H,1H3,(H,15,16). The average molecular weight is 226 g/mol. The molecule has 0 amide bonds. The van der Waals surface area contributed by atoms with Crippen LogP contribution in [0, 0.1) is 0 Å². The molecule has 0 saturated heterocycles. The minimum absolute atomic E-state index is 0.0261. The lowest BCUT2D eigenvalue weighted by molar-refractivity contribution is -0.136. The Labute approximate surface area is 90.1 Å². The van der Waals surface area contributed by atoms with Gasteiger partial charge in [-0.2, -0.15) is 13.2 Å². The molecular weight excluding hydrogens is 217 g/mol. The molecule has 2 rings (SSSR count). The first kappa shape index (κ1) is 10.7. The molecule has 1 heterocycles.